The van der Waals surface area contributed by atoms with Crippen molar-refractivity contribution >= 4 is 10.7 Å². The summed E-state index contributed by atoms with van der Waals surface area (Å²) in [6, 6.07) is 5.24. The van der Waals surface area contributed by atoms with Crippen LogP contribution in [0.4, 0.5) is 0 Å². The first-order valence-corrected chi connectivity index (χ1v) is 4.92. The monoisotopic (exact) mass is 210 g/mol. The summed E-state index contributed by atoms with van der Waals surface area (Å²) in [5, 5.41) is 3.52. The van der Waals surface area contributed by atoms with E-state index in [0.717, 1.165) is 0 Å². The maximum atomic E-state index is 10.5. The van der Waals surface area contributed by atoms with Crippen LogP contribution in [0.1, 0.15) is 0 Å². The van der Waals surface area contributed by atoms with E-state index in [1.165, 1.54) is 11.0 Å². The lowest BCUT2D eigenvalue weighted by Gasteiger charge is -1.95. The third-order valence-corrected chi connectivity index (χ3v) is 2.06. The second-order valence-corrected chi connectivity index (χ2v) is 3.35. The Hall–Kier alpha value is -1.76. The molecule has 14 heavy (non-hydrogen) atoms. The predicted molar refractivity (Wildman–Crippen MR) is 47.7 cm³/mol. The summed E-state index contributed by atoms with van der Waals surface area (Å²) in [5.41, 5.74) is 0. The van der Waals surface area contributed by atoms with Gasteiger partial charge in [0.1, 0.15) is 6.33 Å². The molecule has 2 aromatic heterocycles. The van der Waals surface area contributed by atoms with Crippen LogP contribution < -0.4 is 0 Å². The Morgan fingerprint density at radius 1 is 1.21 bits per heavy atom. The molecule has 0 radical (unpaired) electrons. The Bertz CT molecular complexity index is 497. The van der Waals surface area contributed by atoms with E-state index < -0.39 is 10.7 Å². The summed E-state index contributed by atoms with van der Waals surface area (Å²) in [5.74, 6) is 0.531. The molecule has 0 saturated heterocycles. The molecule has 72 valence electrons. The Kier molecular flexibility index (Phi) is 2.23. The number of thiol groups is 1. The Balaban J connectivity index is 2.44. The molecule has 2 heterocycles. The maximum Gasteiger partial charge on any atom is 0.264 e. The number of pyridine rings is 1. The van der Waals surface area contributed by atoms with Crippen LogP contribution in [-0.4, -0.2) is 28.2 Å². The van der Waals surface area contributed by atoms with Gasteiger partial charge in [-0.1, -0.05) is 6.07 Å². The van der Waals surface area contributed by atoms with Crippen molar-refractivity contribution in [2.45, 2.75) is 5.16 Å². The molecular weight excluding hydrogens is 204 g/mol. The van der Waals surface area contributed by atoms with Gasteiger partial charge in [-0.2, -0.15) is 0 Å². The van der Waals surface area contributed by atoms with Crippen molar-refractivity contribution < 1.29 is 8.42 Å². The van der Waals surface area contributed by atoms with Crippen LogP contribution in [-0.2, 0) is 10.7 Å². The van der Waals surface area contributed by atoms with Gasteiger partial charge in [-0.25, -0.2) is 23.1 Å². The highest BCUT2D eigenvalue weighted by atomic mass is 32.2. The van der Waals surface area contributed by atoms with Gasteiger partial charge in [0, 0.05) is 6.20 Å². The van der Waals surface area contributed by atoms with Crippen molar-refractivity contribution in [3.8, 4) is 5.82 Å². The van der Waals surface area contributed by atoms with Gasteiger partial charge in [0.05, 0.1) is 0 Å². The fraction of sp³-hybridized carbons (Fsp3) is 0. The van der Waals surface area contributed by atoms with Crippen molar-refractivity contribution in [1.29, 1.82) is 0 Å². The minimum atomic E-state index is -2.74. The Morgan fingerprint density at radius 3 is 2.64 bits per heavy atom. The molecule has 6 nitrogen and oxygen atoms in total. The normalized spacial score (nSPS) is 10.6. The van der Waals surface area contributed by atoms with Gasteiger partial charge < -0.3 is 0 Å². The maximum absolute atomic E-state index is 10.5. The highest BCUT2D eigenvalue weighted by Gasteiger charge is 2.03. The van der Waals surface area contributed by atoms with E-state index in [1.54, 1.807) is 24.4 Å². The van der Waals surface area contributed by atoms with E-state index in [4.69, 9.17) is 0 Å². The molecule has 7 heteroatoms. The summed E-state index contributed by atoms with van der Waals surface area (Å²) in [4.78, 5) is 7.59. The fourth-order valence-electron chi connectivity index (χ4n) is 0.938. The largest absolute Gasteiger partial charge is 0.264 e. The van der Waals surface area contributed by atoms with E-state index in [2.05, 4.69) is 15.1 Å². The fourth-order valence-corrected chi connectivity index (χ4v) is 1.25. The van der Waals surface area contributed by atoms with Crippen LogP contribution in [0, 0.1) is 0 Å². The number of nitrogens with zero attached hydrogens (tertiary/aromatic N) is 4. The standard InChI is InChI=1S/C7H6N4O2S/c12-14(13)7-9-5-11(10-7)6-3-1-2-4-8-6/h1-5,14H. The number of rotatable bonds is 2. The number of hydrogen-bond acceptors (Lipinski definition) is 5. The first kappa shape index (κ1) is 8.82. The molecule has 0 bridgehead atoms. The molecule has 0 aromatic carbocycles. The number of aromatic nitrogens is 4. The van der Waals surface area contributed by atoms with Crippen molar-refractivity contribution in [3.63, 3.8) is 0 Å². The van der Waals surface area contributed by atoms with Crippen molar-refractivity contribution in [1.82, 2.24) is 19.7 Å². The van der Waals surface area contributed by atoms with Crippen molar-refractivity contribution in [3.05, 3.63) is 30.7 Å². The smallest absolute Gasteiger partial charge is 0.237 e. The lowest BCUT2D eigenvalue weighted by atomic mass is 10.5. The molecule has 0 saturated carbocycles. The molecule has 0 atom stereocenters. The molecule has 0 amide bonds. The number of hydrogen-bond donors (Lipinski definition) is 1. The molecule has 2 aromatic rings. The van der Waals surface area contributed by atoms with Gasteiger partial charge in [-0.15, -0.1) is 5.10 Å². The van der Waals surface area contributed by atoms with Crippen LogP contribution in [0.3, 0.4) is 0 Å². The lowest BCUT2D eigenvalue weighted by molar-refractivity contribution is 0.605. The molecular formula is C7H6N4O2S. The second-order valence-electron chi connectivity index (χ2n) is 2.43. The SMILES string of the molecule is O=[SH](=O)c1ncn(-c2ccccn2)n1. The summed E-state index contributed by atoms with van der Waals surface area (Å²) < 4.78 is 22.4. The topological polar surface area (TPSA) is 77.7 Å². The second kappa shape index (κ2) is 3.54. The van der Waals surface area contributed by atoms with Gasteiger partial charge in [-0.05, 0) is 12.1 Å². The first-order valence-electron chi connectivity index (χ1n) is 3.75. The minimum absolute atomic E-state index is 0.203. The van der Waals surface area contributed by atoms with Crippen LogP contribution in [0.15, 0.2) is 35.9 Å². The average Bonchev–Trinajstić information content (AvgIpc) is 2.68. The summed E-state index contributed by atoms with van der Waals surface area (Å²) in [6.45, 7) is 0. The van der Waals surface area contributed by atoms with Crippen LogP contribution >= 0.6 is 0 Å². The quantitative estimate of drug-likeness (QED) is 0.684. The van der Waals surface area contributed by atoms with Crippen LogP contribution in [0.25, 0.3) is 5.82 Å². The minimum Gasteiger partial charge on any atom is -0.237 e. The summed E-state index contributed by atoms with van der Waals surface area (Å²) in [7, 11) is -2.74. The molecule has 0 aliphatic carbocycles. The van der Waals surface area contributed by atoms with E-state index in [0.29, 0.717) is 5.82 Å². The molecule has 2 rings (SSSR count). The average molecular weight is 210 g/mol. The van der Waals surface area contributed by atoms with Gasteiger partial charge in [-0.3, -0.25) is 0 Å². The van der Waals surface area contributed by atoms with Gasteiger partial charge in [0.25, 0.3) is 5.16 Å². The predicted octanol–water partition coefficient (Wildman–Crippen LogP) is -0.367. The third kappa shape index (κ3) is 1.62. The van der Waals surface area contributed by atoms with Crippen LogP contribution in [0.2, 0.25) is 0 Å². The van der Waals surface area contributed by atoms with E-state index >= 15 is 0 Å². The molecule has 0 aliphatic rings. The van der Waals surface area contributed by atoms with E-state index in [1.807, 2.05) is 0 Å². The molecule has 0 fully saturated rings. The Morgan fingerprint density at radius 2 is 2.07 bits per heavy atom. The summed E-state index contributed by atoms with van der Waals surface area (Å²) >= 11 is 0. The molecule has 0 spiro atoms. The van der Waals surface area contributed by atoms with Crippen molar-refractivity contribution in [2.75, 3.05) is 0 Å². The van der Waals surface area contributed by atoms with Gasteiger partial charge in [0.15, 0.2) is 5.82 Å². The van der Waals surface area contributed by atoms with E-state index in [-0.39, 0.29) is 5.16 Å². The highest BCUT2D eigenvalue weighted by molar-refractivity contribution is 7.72. The van der Waals surface area contributed by atoms with Crippen LogP contribution in [0.5, 0.6) is 0 Å². The lowest BCUT2D eigenvalue weighted by Crippen LogP contribution is -1.97. The van der Waals surface area contributed by atoms with Gasteiger partial charge >= 0.3 is 0 Å². The zero-order valence-corrected chi connectivity index (χ0v) is 7.83. The molecule has 0 unspecified atom stereocenters. The Labute approximate surface area is 81.2 Å². The molecule has 0 N–H and O–H groups in total. The van der Waals surface area contributed by atoms with Crippen molar-refractivity contribution in [2.24, 2.45) is 0 Å². The highest BCUT2D eigenvalue weighted by Crippen LogP contribution is 2.00. The first-order chi connectivity index (χ1) is 6.77. The molecule has 0 aliphatic heterocycles. The van der Waals surface area contributed by atoms with Gasteiger partial charge in [0.2, 0.25) is 10.7 Å². The third-order valence-electron chi connectivity index (χ3n) is 1.53. The zero-order chi connectivity index (χ0) is 9.97. The summed E-state index contributed by atoms with van der Waals surface area (Å²) in [6.07, 6.45) is 2.90. The zero-order valence-electron chi connectivity index (χ0n) is 6.94. The van der Waals surface area contributed by atoms with E-state index in [9.17, 15) is 8.42 Å².